The molecule has 0 radical (unpaired) electrons. The van der Waals surface area contributed by atoms with Crippen LogP contribution < -0.4 is 15.5 Å². The summed E-state index contributed by atoms with van der Waals surface area (Å²) in [5.41, 5.74) is 6.51. The van der Waals surface area contributed by atoms with Gasteiger partial charge in [0, 0.05) is 81.3 Å². The number of aromatic nitrogens is 2. The van der Waals surface area contributed by atoms with E-state index in [9.17, 15) is 14.4 Å². The summed E-state index contributed by atoms with van der Waals surface area (Å²) in [6, 6.07) is 23.2. The number of nitrogens with zero attached hydrogens (tertiary/aromatic N) is 5. The molecule has 3 aliphatic heterocycles. The van der Waals surface area contributed by atoms with Crippen molar-refractivity contribution in [3.8, 4) is 0 Å². The van der Waals surface area contributed by atoms with E-state index in [0.29, 0.717) is 41.1 Å². The number of benzene rings is 3. The zero-order valence-electron chi connectivity index (χ0n) is 29.4. The van der Waals surface area contributed by atoms with Crippen LogP contribution in [0.1, 0.15) is 73.8 Å². The Labute approximate surface area is 298 Å². The lowest BCUT2D eigenvalue weighted by Crippen LogP contribution is -2.56. The molecule has 4 aromatic rings. The minimum atomic E-state index is -0.198. The van der Waals surface area contributed by atoms with Gasteiger partial charge in [0.05, 0.1) is 30.6 Å². The SMILES string of the molecule is CN(C)C(=O)c1ccc(CN2CCn3c(cnc3C(=O)NCc3ccc(NC(=O)c4ccc(N5CCC6(COC6)C5)cc4)cc3)C23CCC3)cc1. The highest BCUT2D eigenvalue weighted by Gasteiger charge is 2.49. The zero-order valence-corrected chi connectivity index (χ0v) is 29.4. The molecule has 51 heavy (non-hydrogen) atoms. The van der Waals surface area contributed by atoms with Gasteiger partial charge in [0.25, 0.3) is 17.7 Å². The minimum absolute atomic E-state index is 0.00130. The molecule has 0 bridgehead atoms. The number of fused-ring (bicyclic) bond motifs is 2. The molecule has 3 aromatic carbocycles. The maximum atomic E-state index is 13.4. The van der Waals surface area contributed by atoms with Crippen LogP contribution in [0.5, 0.6) is 0 Å². The fourth-order valence-electron chi connectivity index (χ4n) is 8.07. The van der Waals surface area contributed by atoms with Gasteiger partial charge >= 0.3 is 0 Å². The van der Waals surface area contributed by atoms with Crippen molar-refractivity contribution in [2.45, 2.75) is 50.9 Å². The van der Waals surface area contributed by atoms with E-state index < -0.39 is 0 Å². The number of ether oxygens (including phenoxy) is 1. The second kappa shape index (κ2) is 13.3. The number of hydrogen-bond acceptors (Lipinski definition) is 7. The monoisotopic (exact) mass is 687 g/mol. The van der Waals surface area contributed by atoms with E-state index in [1.165, 1.54) is 0 Å². The van der Waals surface area contributed by atoms with Crippen molar-refractivity contribution in [1.29, 1.82) is 0 Å². The first kappa shape index (κ1) is 33.2. The molecule has 4 heterocycles. The number of rotatable bonds is 9. The van der Waals surface area contributed by atoms with E-state index in [0.717, 1.165) is 87.6 Å². The first-order chi connectivity index (χ1) is 24.7. The lowest BCUT2D eigenvalue weighted by atomic mass is 9.72. The molecule has 2 N–H and O–H groups in total. The summed E-state index contributed by atoms with van der Waals surface area (Å²) in [5, 5.41) is 6.04. The average Bonchev–Trinajstić information content (AvgIpc) is 3.77. The summed E-state index contributed by atoms with van der Waals surface area (Å²) >= 11 is 0. The van der Waals surface area contributed by atoms with Gasteiger partial charge in [0.1, 0.15) is 0 Å². The first-order valence-corrected chi connectivity index (χ1v) is 17.9. The van der Waals surface area contributed by atoms with Crippen LogP contribution >= 0.6 is 0 Å². The van der Waals surface area contributed by atoms with E-state index in [1.807, 2.05) is 79.0 Å². The first-order valence-electron chi connectivity index (χ1n) is 17.9. The van der Waals surface area contributed by atoms with Crippen LogP contribution in [-0.2, 0) is 29.9 Å². The molecule has 8 rings (SSSR count). The largest absolute Gasteiger partial charge is 0.380 e. The zero-order chi connectivity index (χ0) is 35.2. The number of hydrogen-bond donors (Lipinski definition) is 2. The maximum absolute atomic E-state index is 13.4. The number of imidazole rings is 1. The summed E-state index contributed by atoms with van der Waals surface area (Å²) in [7, 11) is 3.52. The van der Waals surface area contributed by atoms with Gasteiger partial charge in [-0.25, -0.2) is 4.98 Å². The van der Waals surface area contributed by atoms with Gasteiger partial charge in [0.2, 0.25) is 0 Å². The third kappa shape index (κ3) is 6.29. The molecule has 264 valence electrons. The van der Waals surface area contributed by atoms with E-state index in [2.05, 4.69) is 30.0 Å². The van der Waals surface area contributed by atoms with E-state index in [-0.39, 0.29) is 23.3 Å². The van der Waals surface area contributed by atoms with Gasteiger partial charge < -0.3 is 29.7 Å². The highest BCUT2D eigenvalue weighted by molar-refractivity contribution is 6.04. The van der Waals surface area contributed by atoms with Crippen molar-refractivity contribution in [2.24, 2.45) is 5.41 Å². The molecule has 11 heteroatoms. The Morgan fingerprint density at radius 1 is 0.824 bits per heavy atom. The molecule has 1 aromatic heterocycles. The summed E-state index contributed by atoms with van der Waals surface area (Å²) < 4.78 is 7.54. The number of carbonyl (C=O) groups is 3. The highest BCUT2D eigenvalue weighted by Crippen LogP contribution is 2.49. The Kier molecular flexibility index (Phi) is 8.63. The molecule has 0 unspecified atom stereocenters. The second-order valence-corrected chi connectivity index (χ2v) is 14.9. The molecule has 2 spiro atoms. The van der Waals surface area contributed by atoms with Crippen LogP contribution in [0.2, 0.25) is 0 Å². The van der Waals surface area contributed by atoms with E-state index in [4.69, 9.17) is 4.74 Å². The van der Waals surface area contributed by atoms with Gasteiger partial charge in [-0.15, -0.1) is 0 Å². The topological polar surface area (TPSA) is 112 Å². The summed E-state index contributed by atoms with van der Waals surface area (Å²) in [5.74, 6) is 0.0858. The average molecular weight is 688 g/mol. The van der Waals surface area contributed by atoms with Gasteiger partial charge in [0.15, 0.2) is 5.82 Å². The minimum Gasteiger partial charge on any atom is -0.380 e. The van der Waals surface area contributed by atoms with Gasteiger partial charge in [-0.3, -0.25) is 19.3 Å². The molecular weight excluding hydrogens is 642 g/mol. The van der Waals surface area contributed by atoms with Gasteiger partial charge in [-0.1, -0.05) is 24.3 Å². The van der Waals surface area contributed by atoms with E-state index in [1.54, 1.807) is 19.0 Å². The van der Waals surface area contributed by atoms with Crippen LogP contribution in [0.15, 0.2) is 79.0 Å². The standard InChI is InChI=1S/C40H45N7O4/c1-44(2)38(50)31-8-4-29(5-9-31)24-46-20-21-47-34(40(46)16-3-17-40)23-41-35(47)37(49)42-22-28-6-12-32(13-7-28)43-36(48)30-10-14-33(15-11-30)45-19-18-39(25-45)26-51-27-39/h4-15,23H,3,16-22,24-27H2,1-2H3,(H,42,49)(H,43,48). The predicted molar refractivity (Wildman–Crippen MR) is 195 cm³/mol. The quantitative estimate of drug-likeness (QED) is 0.258. The Hall–Kier alpha value is -5.00. The predicted octanol–water partition coefficient (Wildman–Crippen LogP) is 4.89. The summed E-state index contributed by atoms with van der Waals surface area (Å²) in [4.78, 5) is 49.8. The van der Waals surface area contributed by atoms with Crippen molar-refractivity contribution >= 4 is 29.1 Å². The second-order valence-electron chi connectivity index (χ2n) is 14.9. The Bertz CT molecular complexity index is 1930. The van der Waals surface area contributed by atoms with Crippen molar-refractivity contribution < 1.29 is 19.1 Å². The molecule has 0 atom stereocenters. The molecule has 3 fully saturated rings. The molecular formula is C40H45N7O4. The normalized spacial score (nSPS) is 18.5. The van der Waals surface area contributed by atoms with Crippen LogP contribution in [-0.4, -0.2) is 84.0 Å². The summed E-state index contributed by atoms with van der Waals surface area (Å²) in [6.45, 7) is 6.36. The third-order valence-electron chi connectivity index (χ3n) is 11.3. The third-order valence-corrected chi connectivity index (χ3v) is 11.3. The fraction of sp³-hybridized carbons (Fsp3) is 0.400. The van der Waals surface area contributed by atoms with Crippen LogP contribution in [0, 0.1) is 5.41 Å². The molecule has 3 amide bonds. The van der Waals surface area contributed by atoms with Crippen LogP contribution in [0.3, 0.4) is 0 Å². The van der Waals surface area contributed by atoms with Gasteiger partial charge in [-0.05, 0) is 85.3 Å². The van der Waals surface area contributed by atoms with Crippen molar-refractivity contribution in [3.05, 3.63) is 113 Å². The Morgan fingerprint density at radius 2 is 1.53 bits per heavy atom. The fourth-order valence-corrected chi connectivity index (χ4v) is 8.07. The number of nitrogens with one attached hydrogen (secondary N) is 2. The van der Waals surface area contributed by atoms with Crippen LogP contribution in [0.25, 0.3) is 0 Å². The Balaban J connectivity index is 0.853. The number of anilines is 2. The number of carbonyl (C=O) groups excluding carboxylic acids is 3. The smallest absolute Gasteiger partial charge is 0.287 e. The molecule has 1 aliphatic carbocycles. The molecule has 11 nitrogen and oxygen atoms in total. The maximum Gasteiger partial charge on any atom is 0.287 e. The summed E-state index contributed by atoms with van der Waals surface area (Å²) in [6.07, 6.45) is 6.23. The van der Waals surface area contributed by atoms with Crippen molar-refractivity contribution in [2.75, 3.05) is 57.2 Å². The lowest BCUT2D eigenvalue weighted by Gasteiger charge is -2.53. The molecule has 1 saturated carbocycles. The Morgan fingerprint density at radius 3 is 2.16 bits per heavy atom. The molecule has 2 saturated heterocycles. The number of amides is 3. The lowest BCUT2D eigenvalue weighted by molar-refractivity contribution is -0.0985. The van der Waals surface area contributed by atoms with Gasteiger partial charge in [-0.2, -0.15) is 0 Å². The van der Waals surface area contributed by atoms with Crippen molar-refractivity contribution in [1.82, 2.24) is 24.7 Å². The van der Waals surface area contributed by atoms with E-state index >= 15 is 0 Å². The van der Waals surface area contributed by atoms with Crippen molar-refractivity contribution in [3.63, 3.8) is 0 Å². The molecule has 4 aliphatic rings. The highest BCUT2D eigenvalue weighted by atomic mass is 16.5. The van der Waals surface area contributed by atoms with Crippen LogP contribution in [0.4, 0.5) is 11.4 Å².